The van der Waals surface area contributed by atoms with Crippen molar-refractivity contribution in [2.45, 2.75) is 12.3 Å². The summed E-state index contributed by atoms with van der Waals surface area (Å²) in [5.41, 5.74) is 2.18. The van der Waals surface area contributed by atoms with E-state index < -0.39 is 0 Å². The van der Waals surface area contributed by atoms with Gasteiger partial charge in [0.2, 0.25) is 5.95 Å². The number of nitrogens with zero attached hydrogens (tertiary/aromatic N) is 5. The van der Waals surface area contributed by atoms with Gasteiger partial charge in [0.25, 0.3) is 0 Å². The van der Waals surface area contributed by atoms with E-state index in [1.165, 1.54) is 0 Å². The van der Waals surface area contributed by atoms with Crippen LogP contribution in [0.15, 0.2) is 30.6 Å². The van der Waals surface area contributed by atoms with Crippen LogP contribution in [0.5, 0.6) is 0 Å². The highest BCUT2D eigenvalue weighted by atomic mass is 16.5. The number of ether oxygens (including phenoxy) is 1. The van der Waals surface area contributed by atoms with Gasteiger partial charge >= 0.3 is 0 Å². The fourth-order valence-corrected chi connectivity index (χ4v) is 3.57. The van der Waals surface area contributed by atoms with Crippen molar-refractivity contribution in [3.05, 3.63) is 36.3 Å². The molecule has 0 amide bonds. The number of nitrogens with one attached hydrogen (secondary N) is 1. The third-order valence-electron chi connectivity index (χ3n) is 5.09. The highest BCUT2D eigenvalue weighted by Gasteiger charge is 2.24. The van der Waals surface area contributed by atoms with Crippen LogP contribution in [0.25, 0.3) is 0 Å². The van der Waals surface area contributed by atoms with Crippen LogP contribution in [-0.4, -0.2) is 72.6 Å². The molecule has 0 radical (unpaired) electrons. The SMILES string of the molecule is OCCNc1nc([C@@H]2CCOC2)cc(N2CCN(c3cccnc3)CC2)n1. The third kappa shape index (κ3) is 4.28. The smallest absolute Gasteiger partial charge is 0.224 e. The predicted octanol–water partition coefficient (Wildman–Crippen LogP) is 1.11. The first-order chi connectivity index (χ1) is 13.3. The second kappa shape index (κ2) is 8.49. The lowest BCUT2D eigenvalue weighted by molar-refractivity contribution is 0.193. The van der Waals surface area contributed by atoms with Crippen molar-refractivity contribution in [2.24, 2.45) is 0 Å². The topological polar surface area (TPSA) is 86.6 Å². The summed E-state index contributed by atoms with van der Waals surface area (Å²) in [6.07, 6.45) is 4.70. The van der Waals surface area contributed by atoms with Gasteiger partial charge in [0.15, 0.2) is 0 Å². The van der Waals surface area contributed by atoms with Crippen LogP contribution in [0, 0.1) is 0 Å². The van der Waals surface area contributed by atoms with Crippen LogP contribution in [0.3, 0.4) is 0 Å². The third-order valence-corrected chi connectivity index (χ3v) is 5.09. The monoisotopic (exact) mass is 370 g/mol. The Morgan fingerprint density at radius 1 is 1.19 bits per heavy atom. The summed E-state index contributed by atoms with van der Waals surface area (Å²) in [4.78, 5) is 18.2. The van der Waals surface area contributed by atoms with E-state index in [1.54, 1.807) is 6.20 Å². The molecule has 2 saturated heterocycles. The Kier molecular flexibility index (Phi) is 5.64. The molecule has 2 N–H and O–H groups in total. The predicted molar refractivity (Wildman–Crippen MR) is 104 cm³/mol. The van der Waals surface area contributed by atoms with Crippen molar-refractivity contribution in [3.63, 3.8) is 0 Å². The summed E-state index contributed by atoms with van der Waals surface area (Å²) in [6.45, 7) is 5.64. The van der Waals surface area contributed by atoms with Crippen molar-refractivity contribution in [1.29, 1.82) is 0 Å². The van der Waals surface area contributed by atoms with Gasteiger partial charge in [-0.25, -0.2) is 4.98 Å². The Morgan fingerprint density at radius 3 is 2.74 bits per heavy atom. The lowest BCUT2D eigenvalue weighted by Crippen LogP contribution is -2.47. The summed E-state index contributed by atoms with van der Waals surface area (Å²) >= 11 is 0. The minimum Gasteiger partial charge on any atom is -0.395 e. The number of piperazine rings is 1. The zero-order chi connectivity index (χ0) is 18.5. The molecule has 0 unspecified atom stereocenters. The van der Waals surface area contributed by atoms with Crippen LogP contribution in [0.2, 0.25) is 0 Å². The molecule has 144 valence electrons. The van der Waals surface area contributed by atoms with Crippen molar-refractivity contribution >= 4 is 17.5 Å². The Balaban J connectivity index is 1.49. The molecule has 4 rings (SSSR count). The fourth-order valence-electron chi connectivity index (χ4n) is 3.57. The number of pyridine rings is 1. The van der Waals surface area contributed by atoms with Crippen molar-refractivity contribution < 1.29 is 9.84 Å². The molecule has 0 spiro atoms. The summed E-state index contributed by atoms with van der Waals surface area (Å²) < 4.78 is 5.53. The highest BCUT2D eigenvalue weighted by molar-refractivity contribution is 5.50. The van der Waals surface area contributed by atoms with Gasteiger partial charge in [-0.3, -0.25) is 4.98 Å². The molecule has 2 aromatic heterocycles. The van der Waals surface area contributed by atoms with E-state index in [-0.39, 0.29) is 6.61 Å². The zero-order valence-corrected chi connectivity index (χ0v) is 15.4. The van der Waals surface area contributed by atoms with Crippen LogP contribution in [-0.2, 0) is 4.74 Å². The Hall–Kier alpha value is -2.45. The fraction of sp³-hybridized carbons (Fsp3) is 0.526. The minimum absolute atomic E-state index is 0.0548. The first-order valence-corrected chi connectivity index (χ1v) is 9.55. The molecule has 0 aliphatic carbocycles. The maximum absolute atomic E-state index is 9.10. The molecule has 0 aromatic carbocycles. The van der Waals surface area contributed by atoms with E-state index >= 15 is 0 Å². The van der Waals surface area contributed by atoms with Crippen LogP contribution in [0.4, 0.5) is 17.5 Å². The second-order valence-corrected chi connectivity index (χ2v) is 6.87. The molecule has 1 atom stereocenters. The molecule has 4 heterocycles. The maximum atomic E-state index is 9.10. The van der Waals surface area contributed by atoms with Crippen molar-refractivity contribution in [3.8, 4) is 0 Å². The van der Waals surface area contributed by atoms with Gasteiger partial charge in [-0.2, -0.15) is 4.98 Å². The molecule has 0 bridgehead atoms. The molecular weight excluding hydrogens is 344 g/mol. The molecule has 0 saturated carbocycles. The Morgan fingerprint density at radius 2 is 2.04 bits per heavy atom. The van der Waals surface area contributed by atoms with Gasteiger partial charge in [-0.1, -0.05) is 0 Å². The minimum atomic E-state index is 0.0548. The van der Waals surface area contributed by atoms with E-state index in [1.807, 2.05) is 12.3 Å². The van der Waals surface area contributed by atoms with E-state index in [9.17, 15) is 0 Å². The van der Waals surface area contributed by atoms with E-state index in [0.717, 1.165) is 56.4 Å². The summed E-state index contributed by atoms with van der Waals surface area (Å²) in [5, 5.41) is 12.2. The summed E-state index contributed by atoms with van der Waals surface area (Å²) in [7, 11) is 0. The first-order valence-electron chi connectivity index (χ1n) is 9.55. The van der Waals surface area contributed by atoms with Crippen LogP contribution < -0.4 is 15.1 Å². The van der Waals surface area contributed by atoms with Gasteiger partial charge in [0.05, 0.1) is 30.8 Å². The van der Waals surface area contributed by atoms with Gasteiger partial charge in [-0.15, -0.1) is 0 Å². The zero-order valence-electron chi connectivity index (χ0n) is 15.4. The molecule has 8 heteroatoms. The van der Waals surface area contributed by atoms with Crippen molar-refractivity contribution in [2.75, 3.05) is 67.7 Å². The van der Waals surface area contributed by atoms with E-state index in [4.69, 9.17) is 9.84 Å². The molecule has 2 aliphatic rings. The Bertz CT molecular complexity index is 730. The van der Waals surface area contributed by atoms with Crippen molar-refractivity contribution in [1.82, 2.24) is 15.0 Å². The highest BCUT2D eigenvalue weighted by Crippen LogP contribution is 2.28. The average molecular weight is 370 g/mol. The maximum Gasteiger partial charge on any atom is 0.224 e. The number of anilines is 3. The van der Waals surface area contributed by atoms with Gasteiger partial charge in [-0.05, 0) is 18.6 Å². The quantitative estimate of drug-likeness (QED) is 0.782. The molecule has 2 fully saturated rings. The molecule has 27 heavy (non-hydrogen) atoms. The van der Waals surface area contributed by atoms with Crippen LogP contribution >= 0.6 is 0 Å². The lowest BCUT2D eigenvalue weighted by Gasteiger charge is -2.36. The van der Waals surface area contributed by atoms with Crippen LogP contribution in [0.1, 0.15) is 18.0 Å². The van der Waals surface area contributed by atoms with E-state index in [2.05, 4.69) is 42.2 Å². The number of aromatic nitrogens is 3. The first kappa shape index (κ1) is 17.9. The normalized spacial score (nSPS) is 20.1. The Labute approximate surface area is 159 Å². The summed E-state index contributed by atoms with van der Waals surface area (Å²) in [6, 6.07) is 6.17. The average Bonchev–Trinajstić information content (AvgIpc) is 3.28. The number of aliphatic hydroxyl groups excluding tert-OH is 1. The molecule has 2 aromatic rings. The molecular formula is C19H26N6O2. The number of aliphatic hydroxyl groups is 1. The number of hydrogen-bond donors (Lipinski definition) is 2. The van der Waals surface area contributed by atoms with E-state index in [0.29, 0.717) is 25.0 Å². The lowest BCUT2D eigenvalue weighted by atomic mass is 10.0. The standard InChI is InChI=1S/C19H26N6O2/c26-10-5-21-19-22-17(15-3-11-27-14-15)12-18(23-19)25-8-6-24(7-9-25)16-2-1-4-20-13-16/h1-2,4,12-13,15,26H,3,5-11,14H2,(H,21,22,23)/t15-/m1/s1. The number of hydrogen-bond acceptors (Lipinski definition) is 8. The second-order valence-electron chi connectivity index (χ2n) is 6.87. The molecule has 2 aliphatic heterocycles. The number of rotatable bonds is 6. The van der Waals surface area contributed by atoms with Gasteiger partial charge < -0.3 is 25.0 Å². The summed E-state index contributed by atoms with van der Waals surface area (Å²) in [5.74, 6) is 1.84. The van der Waals surface area contributed by atoms with Gasteiger partial charge in [0.1, 0.15) is 5.82 Å². The van der Waals surface area contributed by atoms with Gasteiger partial charge in [0, 0.05) is 57.5 Å². The largest absolute Gasteiger partial charge is 0.395 e. The molecule has 8 nitrogen and oxygen atoms in total.